The molecular weight excluding hydrogens is 405 g/mol. The maximum absolute atomic E-state index is 5.41. The second-order valence-corrected chi connectivity index (χ2v) is 5.82. The SMILES string of the molecule is CCNC(=NCc1ccc(OC)c(C)c1)NCC(C)(C)OC.I. The molecule has 0 saturated heterocycles. The lowest BCUT2D eigenvalue weighted by Crippen LogP contribution is -2.45. The second kappa shape index (κ2) is 10.7. The zero-order chi connectivity index (χ0) is 16.6. The summed E-state index contributed by atoms with van der Waals surface area (Å²) in [5.74, 6) is 1.70. The summed E-state index contributed by atoms with van der Waals surface area (Å²) in [4.78, 5) is 4.62. The van der Waals surface area contributed by atoms with Gasteiger partial charge in [-0.3, -0.25) is 0 Å². The average molecular weight is 435 g/mol. The van der Waals surface area contributed by atoms with Gasteiger partial charge in [-0.2, -0.15) is 0 Å². The lowest BCUT2D eigenvalue weighted by Gasteiger charge is -2.24. The third-order valence-electron chi connectivity index (χ3n) is 3.46. The number of nitrogens with zero attached hydrogens (tertiary/aromatic N) is 1. The first-order chi connectivity index (χ1) is 10.4. The summed E-state index contributed by atoms with van der Waals surface area (Å²) in [6, 6.07) is 6.12. The van der Waals surface area contributed by atoms with Crippen molar-refractivity contribution in [3.63, 3.8) is 0 Å². The standard InChI is InChI=1S/C17H29N3O2.HI/c1-7-18-16(20-12-17(3,4)22-6)19-11-14-8-9-15(21-5)13(2)10-14;/h8-10H,7,11-12H2,1-6H3,(H2,18,19,20);1H. The van der Waals surface area contributed by atoms with E-state index in [4.69, 9.17) is 9.47 Å². The van der Waals surface area contributed by atoms with E-state index >= 15 is 0 Å². The molecule has 0 heterocycles. The van der Waals surface area contributed by atoms with Gasteiger partial charge < -0.3 is 20.1 Å². The molecule has 0 fully saturated rings. The van der Waals surface area contributed by atoms with Gasteiger partial charge in [0.1, 0.15) is 5.75 Å². The number of nitrogens with one attached hydrogen (secondary N) is 2. The molecule has 0 unspecified atom stereocenters. The van der Waals surface area contributed by atoms with Crippen LogP contribution in [0.25, 0.3) is 0 Å². The summed E-state index contributed by atoms with van der Waals surface area (Å²) in [7, 11) is 3.40. The van der Waals surface area contributed by atoms with Crippen molar-refractivity contribution >= 4 is 29.9 Å². The second-order valence-electron chi connectivity index (χ2n) is 5.82. The van der Waals surface area contributed by atoms with Gasteiger partial charge in [-0.25, -0.2) is 4.99 Å². The molecule has 0 aliphatic heterocycles. The number of methoxy groups -OCH3 is 2. The van der Waals surface area contributed by atoms with E-state index in [9.17, 15) is 0 Å². The number of halogens is 1. The predicted molar refractivity (Wildman–Crippen MR) is 107 cm³/mol. The molecule has 1 aromatic rings. The molecule has 0 radical (unpaired) electrons. The van der Waals surface area contributed by atoms with E-state index in [0.29, 0.717) is 13.1 Å². The Morgan fingerprint density at radius 3 is 2.43 bits per heavy atom. The first-order valence-electron chi connectivity index (χ1n) is 7.62. The van der Waals surface area contributed by atoms with Gasteiger partial charge in [-0.05, 0) is 44.9 Å². The van der Waals surface area contributed by atoms with Crippen molar-refractivity contribution in [3.8, 4) is 5.75 Å². The molecule has 5 nitrogen and oxygen atoms in total. The van der Waals surface area contributed by atoms with Crippen LogP contribution in [0, 0.1) is 6.92 Å². The third kappa shape index (κ3) is 7.87. The number of ether oxygens (including phenoxy) is 2. The Balaban J connectivity index is 0.00000484. The summed E-state index contributed by atoms with van der Waals surface area (Å²) in [5.41, 5.74) is 2.04. The van der Waals surface area contributed by atoms with E-state index in [1.165, 1.54) is 0 Å². The molecule has 0 amide bonds. The number of rotatable bonds is 7. The minimum Gasteiger partial charge on any atom is -0.496 e. The van der Waals surface area contributed by atoms with Crippen molar-refractivity contribution < 1.29 is 9.47 Å². The van der Waals surface area contributed by atoms with Gasteiger partial charge in [0.05, 0.1) is 19.3 Å². The summed E-state index contributed by atoms with van der Waals surface area (Å²) in [6.07, 6.45) is 0. The maximum atomic E-state index is 5.41. The Kier molecular flexibility index (Phi) is 10.2. The number of hydrogen-bond donors (Lipinski definition) is 2. The van der Waals surface area contributed by atoms with Crippen LogP contribution in [0.2, 0.25) is 0 Å². The minimum atomic E-state index is -0.229. The number of aryl methyl sites for hydroxylation is 1. The van der Waals surface area contributed by atoms with Crippen LogP contribution in [0.15, 0.2) is 23.2 Å². The Morgan fingerprint density at radius 2 is 1.91 bits per heavy atom. The highest BCUT2D eigenvalue weighted by molar-refractivity contribution is 14.0. The summed E-state index contributed by atoms with van der Waals surface area (Å²) in [5, 5.41) is 6.55. The lowest BCUT2D eigenvalue weighted by molar-refractivity contribution is 0.0268. The summed E-state index contributed by atoms with van der Waals surface area (Å²) in [6.45, 7) is 10.3. The van der Waals surface area contributed by atoms with Gasteiger partial charge in [0, 0.05) is 20.2 Å². The molecule has 0 aliphatic rings. The molecule has 1 aromatic carbocycles. The summed E-state index contributed by atoms with van der Waals surface area (Å²) >= 11 is 0. The largest absolute Gasteiger partial charge is 0.496 e. The number of guanidine groups is 1. The molecule has 0 aliphatic carbocycles. The van der Waals surface area contributed by atoms with Gasteiger partial charge in [-0.1, -0.05) is 12.1 Å². The molecule has 0 spiro atoms. The first kappa shape index (κ1) is 22.0. The molecule has 0 bridgehead atoms. The van der Waals surface area contributed by atoms with Crippen molar-refractivity contribution in [1.29, 1.82) is 0 Å². The van der Waals surface area contributed by atoms with Crippen molar-refractivity contribution in [2.75, 3.05) is 27.3 Å². The van der Waals surface area contributed by atoms with Crippen LogP contribution < -0.4 is 15.4 Å². The van der Waals surface area contributed by atoms with Crippen LogP contribution in [-0.4, -0.2) is 38.9 Å². The van der Waals surface area contributed by atoms with Gasteiger partial charge in [0.25, 0.3) is 0 Å². The Labute approximate surface area is 157 Å². The molecule has 0 atom stereocenters. The Bertz CT molecular complexity index is 505. The predicted octanol–water partition coefficient (Wildman–Crippen LogP) is 3.10. The van der Waals surface area contributed by atoms with Crippen LogP contribution in [-0.2, 0) is 11.3 Å². The Morgan fingerprint density at radius 1 is 1.22 bits per heavy atom. The molecule has 23 heavy (non-hydrogen) atoms. The van der Waals surface area contributed by atoms with Crippen LogP contribution >= 0.6 is 24.0 Å². The van der Waals surface area contributed by atoms with E-state index < -0.39 is 0 Å². The number of hydrogen-bond acceptors (Lipinski definition) is 3. The van der Waals surface area contributed by atoms with Gasteiger partial charge in [0.15, 0.2) is 5.96 Å². The molecule has 0 aromatic heterocycles. The fourth-order valence-electron chi connectivity index (χ4n) is 1.92. The van der Waals surface area contributed by atoms with Gasteiger partial charge in [0.2, 0.25) is 0 Å². The van der Waals surface area contributed by atoms with E-state index in [1.54, 1.807) is 14.2 Å². The highest BCUT2D eigenvalue weighted by Crippen LogP contribution is 2.18. The zero-order valence-corrected chi connectivity index (χ0v) is 17.4. The lowest BCUT2D eigenvalue weighted by atomic mass is 10.1. The molecule has 1 rings (SSSR count). The maximum Gasteiger partial charge on any atom is 0.191 e. The fourth-order valence-corrected chi connectivity index (χ4v) is 1.92. The van der Waals surface area contributed by atoms with E-state index in [2.05, 4.69) is 28.6 Å². The van der Waals surface area contributed by atoms with Crippen molar-refractivity contribution in [3.05, 3.63) is 29.3 Å². The third-order valence-corrected chi connectivity index (χ3v) is 3.46. The monoisotopic (exact) mass is 435 g/mol. The molecule has 2 N–H and O–H groups in total. The van der Waals surface area contributed by atoms with Gasteiger partial charge >= 0.3 is 0 Å². The fraction of sp³-hybridized carbons (Fsp3) is 0.588. The van der Waals surface area contributed by atoms with Crippen LogP contribution in [0.3, 0.4) is 0 Å². The van der Waals surface area contributed by atoms with Crippen molar-refractivity contribution in [2.24, 2.45) is 4.99 Å². The molecule has 6 heteroatoms. The Hall–Kier alpha value is -1.02. The van der Waals surface area contributed by atoms with E-state index in [0.717, 1.165) is 29.4 Å². The smallest absolute Gasteiger partial charge is 0.191 e. The van der Waals surface area contributed by atoms with Gasteiger partial charge in [-0.15, -0.1) is 24.0 Å². The number of aliphatic imine (C=N–C) groups is 1. The van der Waals surface area contributed by atoms with Crippen LogP contribution in [0.1, 0.15) is 31.9 Å². The highest BCUT2D eigenvalue weighted by Gasteiger charge is 2.16. The molecule has 0 saturated carbocycles. The van der Waals surface area contributed by atoms with E-state index in [1.807, 2.05) is 32.9 Å². The summed E-state index contributed by atoms with van der Waals surface area (Å²) < 4.78 is 10.7. The average Bonchev–Trinajstić information content (AvgIpc) is 2.50. The zero-order valence-electron chi connectivity index (χ0n) is 15.0. The molecular formula is C17H30IN3O2. The highest BCUT2D eigenvalue weighted by atomic mass is 127. The van der Waals surface area contributed by atoms with Crippen molar-refractivity contribution in [1.82, 2.24) is 10.6 Å². The van der Waals surface area contributed by atoms with Crippen molar-refractivity contribution in [2.45, 2.75) is 39.8 Å². The van der Waals surface area contributed by atoms with Crippen LogP contribution in [0.4, 0.5) is 0 Å². The first-order valence-corrected chi connectivity index (χ1v) is 7.62. The minimum absolute atomic E-state index is 0. The van der Waals surface area contributed by atoms with E-state index in [-0.39, 0.29) is 29.6 Å². The number of benzene rings is 1. The normalized spacial score (nSPS) is 11.7. The molecule has 132 valence electrons. The quantitative estimate of drug-likeness (QED) is 0.393. The van der Waals surface area contributed by atoms with Crippen LogP contribution in [0.5, 0.6) is 5.75 Å². The topological polar surface area (TPSA) is 54.9 Å².